The van der Waals surface area contributed by atoms with E-state index in [1.807, 2.05) is 0 Å². The number of nitrogens with zero attached hydrogens (tertiary/aromatic N) is 2. The number of piperidine rings is 1. The average molecular weight is 254 g/mol. The van der Waals surface area contributed by atoms with Crippen molar-refractivity contribution in [2.75, 3.05) is 39.3 Å². The Hall–Kier alpha value is -0.410. The van der Waals surface area contributed by atoms with Gasteiger partial charge in [-0.3, -0.25) is 4.79 Å². The van der Waals surface area contributed by atoms with E-state index in [4.69, 9.17) is 0 Å². The Balaban J connectivity index is 2.20. The molecule has 0 aliphatic carbocycles. The molecule has 0 spiro atoms. The van der Waals surface area contributed by atoms with Crippen molar-refractivity contribution in [1.82, 2.24) is 9.80 Å². The van der Waals surface area contributed by atoms with Crippen LogP contribution in [0.4, 0.5) is 0 Å². The quantitative estimate of drug-likeness (QED) is 0.632. The fourth-order valence-electron chi connectivity index (χ4n) is 2.41. The summed E-state index contributed by atoms with van der Waals surface area (Å²) in [6.45, 7) is 11.3. The van der Waals surface area contributed by atoms with Gasteiger partial charge in [0.2, 0.25) is 0 Å². The number of hydrogen-bond donors (Lipinski definition) is 0. The Labute approximate surface area is 113 Å². The summed E-state index contributed by atoms with van der Waals surface area (Å²) in [6.07, 6.45) is 6.71. The van der Waals surface area contributed by atoms with Crippen molar-refractivity contribution < 1.29 is 4.79 Å². The molecular formula is C15H30N2O. The molecular weight excluding hydrogens is 224 g/mol. The van der Waals surface area contributed by atoms with Crippen LogP contribution in [0.5, 0.6) is 0 Å². The molecule has 1 aliphatic heterocycles. The zero-order valence-corrected chi connectivity index (χ0v) is 12.3. The van der Waals surface area contributed by atoms with E-state index in [1.165, 1.54) is 45.3 Å². The third-order valence-corrected chi connectivity index (χ3v) is 3.80. The standard InChI is InChI=1S/C15H30N2O/c1-3-5-9-16(10-6-4-2)13-14-17-11-7-15(18)8-12-17/h3-14H2,1-2H3. The van der Waals surface area contributed by atoms with Gasteiger partial charge >= 0.3 is 0 Å². The predicted molar refractivity (Wildman–Crippen MR) is 76.9 cm³/mol. The molecule has 3 nitrogen and oxygen atoms in total. The third-order valence-electron chi connectivity index (χ3n) is 3.80. The second-order valence-electron chi connectivity index (χ2n) is 5.43. The maximum absolute atomic E-state index is 11.2. The number of hydrogen-bond acceptors (Lipinski definition) is 3. The number of carbonyl (C=O) groups excluding carboxylic acids is 1. The molecule has 3 heteroatoms. The van der Waals surface area contributed by atoms with Gasteiger partial charge in [0, 0.05) is 39.0 Å². The molecule has 0 radical (unpaired) electrons. The van der Waals surface area contributed by atoms with Crippen LogP contribution in [0.3, 0.4) is 0 Å². The number of unbranched alkanes of at least 4 members (excludes halogenated alkanes) is 2. The molecule has 1 fully saturated rings. The molecule has 106 valence electrons. The van der Waals surface area contributed by atoms with Crippen molar-refractivity contribution in [3.8, 4) is 0 Å². The van der Waals surface area contributed by atoms with Gasteiger partial charge in [0.25, 0.3) is 0 Å². The largest absolute Gasteiger partial charge is 0.302 e. The first-order valence-corrected chi connectivity index (χ1v) is 7.72. The van der Waals surface area contributed by atoms with E-state index in [1.54, 1.807) is 0 Å². The van der Waals surface area contributed by atoms with E-state index in [0.29, 0.717) is 5.78 Å². The molecule has 0 unspecified atom stereocenters. The fraction of sp³-hybridized carbons (Fsp3) is 0.933. The third kappa shape index (κ3) is 6.50. The Bertz CT molecular complexity index is 213. The molecule has 0 aromatic rings. The van der Waals surface area contributed by atoms with Crippen molar-refractivity contribution in [2.24, 2.45) is 0 Å². The van der Waals surface area contributed by atoms with E-state index in [-0.39, 0.29) is 0 Å². The molecule has 1 heterocycles. The minimum Gasteiger partial charge on any atom is -0.302 e. The van der Waals surface area contributed by atoms with Crippen LogP contribution < -0.4 is 0 Å². The summed E-state index contributed by atoms with van der Waals surface area (Å²) in [5.41, 5.74) is 0. The summed E-state index contributed by atoms with van der Waals surface area (Å²) < 4.78 is 0. The highest BCUT2D eigenvalue weighted by atomic mass is 16.1. The van der Waals surface area contributed by atoms with Crippen LogP contribution in [0.1, 0.15) is 52.4 Å². The maximum atomic E-state index is 11.2. The highest BCUT2D eigenvalue weighted by Gasteiger charge is 2.16. The Morgan fingerprint density at radius 3 is 2.06 bits per heavy atom. The van der Waals surface area contributed by atoms with E-state index < -0.39 is 0 Å². The first-order chi connectivity index (χ1) is 8.76. The lowest BCUT2D eigenvalue weighted by Gasteiger charge is -2.29. The fourth-order valence-corrected chi connectivity index (χ4v) is 2.41. The van der Waals surface area contributed by atoms with Crippen molar-refractivity contribution >= 4 is 5.78 Å². The van der Waals surface area contributed by atoms with Crippen LogP contribution in [0.2, 0.25) is 0 Å². The summed E-state index contributed by atoms with van der Waals surface area (Å²) in [5.74, 6) is 0.445. The lowest BCUT2D eigenvalue weighted by Crippen LogP contribution is -2.40. The maximum Gasteiger partial charge on any atom is 0.135 e. The smallest absolute Gasteiger partial charge is 0.135 e. The molecule has 0 amide bonds. The molecule has 1 rings (SSSR count). The number of ketones is 1. The summed E-state index contributed by atoms with van der Waals surface area (Å²) >= 11 is 0. The second kappa shape index (κ2) is 9.51. The van der Waals surface area contributed by atoms with Gasteiger partial charge in [-0.1, -0.05) is 26.7 Å². The molecule has 18 heavy (non-hydrogen) atoms. The predicted octanol–water partition coefficient (Wildman–Crippen LogP) is 2.55. The van der Waals surface area contributed by atoms with Crippen LogP contribution >= 0.6 is 0 Å². The molecule has 1 saturated heterocycles. The first-order valence-electron chi connectivity index (χ1n) is 7.72. The Kier molecular flexibility index (Phi) is 8.27. The van der Waals surface area contributed by atoms with Crippen LogP contribution in [-0.4, -0.2) is 54.9 Å². The minimum absolute atomic E-state index is 0.445. The molecule has 0 atom stereocenters. The lowest BCUT2D eigenvalue weighted by molar-refractivity contribution is -0.121. The van der Waals surface area contributed by atoms with Crippen LogP contribution in [0, 0.1) is 0 Å². The van der Waals surface area contributed by atoms with Crippen molar-refractivity contribution in [3.63, 3.8) is 0 Å². The van der Waals surface area contributed by atoms with E-state index in [0.717, 1.165) is 32.5 Å². The SMILES string of the molecule is CCCCN(CCCC)CCN1CCC(=O)CC1. The van der Waals surface area contributed by atoms with Gasteiger partial charge in [-0.05, 0) is 25.9 Å². The van der Waals surface area contributed by atoms with Gasteiger partial charge in [0.05, 0.1) is 0 Å². The highest BCUT2D eigenvalue weighted by molar-refractivity contribution is 5.79. The monoisotopic (exact) mass is 254 g/mol. The summed E-state index contributed by atoms with van der Waals surface area (Å²) in [6, 6.07) is 0. The first kappa shape index (κ1) is 15.6. The van der Waals surface area contributed by atoms with Crippen molar-refractivity contribution in [2.45, 2.75) is 52.4 Å². The lowest BCUT2D eigenvalue weighted by atomic mass is 10.1. The van der Waals surface area contributed by atoms with E-state index in [2.05, 4.69) is 23.6 Å². The second-order valence-corrected chi connectivity index (χ2v) is 5.43. The molecule has 0 aromatic heterocycles. The van der Waals surface area contributed by atoms with Crippen molar-refractivity contribution in [1.29, 1.82) is 0 Å². The topological polar surface area (TPSA) is 23.6 Å². The number of Topliss-reactive ketones (excluding diaryl/α,β-unsaturated/α-hetero) is 1. The molecule has 0 N–H and O–H groups in total. The number of rotatable bonds is 9. The minimum atomic E-state index is 0.445. The Morgan fingerprint density at radius 1 is 1.00 bits per heavy atom. The molecule has 1 aliphatic rings. The van der Waals surface area contributed by atoms with Gasteiger partial charge in [0.1, 0.15) is 5.78 Å². The molecule has 0 saturated carbocycles. The van der Waals surface area contributed by atoms with Gasteiger partial charge in [0.15, 0.2) is 0 Å². The van der Waals surface area contributed by atoms with E-state index >= 15 is 0 Å². The summed E-state index contributed by atoms with van der Waals surface area (Å²) in [7, 11) is 0. The average Bonchev–Trinajstić information content (AvgIpc) is 2.40. The number of likely N-dealkylation sites (tertiary alicyclic amines) is 1. The normalized spacial score (nSPS) is 17.6. The highest BCUT2D eigenvalue weighted by Crippen LogP contribution is 2.06. The summed E-state index contributed by atoms with van der Waals surface area (Å²) in [4.78, 5) is 16.2. The zero-order valence-electron chi connectivity index (χ0n) is 12.3. The van der Waals surface area contributed by atoms with Gasteiger partial charge in [-0.15, -0.1) is 0 Å². The molecule has 0 bridgehead atoms. The molecule has 0 aromatic carbocycles. The zero-order chi connectivity index (χ0) is 13.2. The van der Waals surface area contributed by atoms with Crippen LogP contribution in [0.25, 0.3) is 0 Å². The van der Waals surface area contributed by atoms with Gasteiger partial charge < -0.3 is 9.80 Å². The Morgan fingerprint density at radius 2 is 1.56 bits per heavy atom. The summed E-state index contributed by atoms with van der Waals surface area (Å²) in [5, 5.41) is 0. The number of carbonyl (C=O) groups is 1. The van der Waals surface area contributed by atoms with Gasteiger partial charge in [-0.2, -0.15) is 0 Å². The van der Waals surface area contributed by atoms with Crippen LogP contribution in [0.15, 0.2) is 0 Å². The van der Waals surface area contributed by atoms with Crippen molar-refractivity contribution in [3.05, 3.63) is 0 Å². The van der Waals surface area contributed by atoms with Crippen LogP contribution in [-0.2, 0) is 4.79 Å². The van der Waals surface area contributed by atoms with Gasteiger partial charge in [-0.25, -0.2) is 0 Å². The van der Waals surface area contributed by atoms with E-state index in [9.17, 15) is 4.79 Å².